The molecule has 0 radical (unpaired) electrons. The summed E-state index contributed by atoms with van der Waals surface area (Å²) in [5.41, 5.74) is 0.866. The second kappa shape index (κ2) is 8.84. The molecule has 1 aliphatic rings. The Kier molecular flexibility index (Phi) is 6.27. The smallest absolute Gasteiger partial charge is 0.275 e. The van der Waals surface area contributed by atoms with Crippen molar-refractivity contribution in [2.45, 2.75) is 32.2 Å². The van der Waals surface area contributed by atoms with Crippen molar-refractivity contribution in [3.8, 4) is 0 Å². The molecule has 0 saturated carbocycles. The van der Waals surface area contributed by atoms with E-state index in [1.54, 1.807) is 28.5 Å². The van der Waals surface area contributed by atoms with Crippen LogP contribution in [0.1, 0.15) is 41.7 Å². The monoisotopic (exact) mass is 376 g/mol. The highest BCUT2D eigenvalue weighted by atomic mass is 32.1. The minimum Gasteiger partial charge on any atom is -0.352 e. The molecule has 2 aromatic rings. The van der Waals surface area contributed by atoms with Gasteiger partial charge in [0.25, 0.3) is 5.91 Å². The fraction of sp³-hybridized carbons (Fsp3) is 0.444. The normalized spacial score (nSPS) is 17.1. The third-order valence-electron chi connectivity index (χ3n) is 4.60. The maximum Gasteiger partial charge on any atom is 0.275 e. The Hall–Kier alpha value is -2.35. The molecule has 1 saturated heterocycles. The summed E-state index contributed by atoms with van der Waals surface area (Å²) in [5, 5.41) is 8.25. The van der Waals surface area contributed by atoms with Crippen LogP contribution >= 0.6 is 11.5 Å². The summed E-state index contributed by atoms with van der Waals surface area (Å²) < 4.78 is 17.3. The quantitative estimate of drug-likeness (QED) is 0.841. The summed E-state index contributed by atoms with van der Waals surface area (Å²) in [6, 6.07) is 6.41. The molecule has 0 unspecified atom stereocenters. The second-order valence-corrected chi connectivity index (χ2v) is 7.07. The predicted octanol–water partition coefficient (Wildman–Crippen LogP) is 2.63. The van der Waals surface area contributed by atoms with E-state index in [9.17, 15) is 14.0 Å². The van der Waals surface area contributed by atoms with E-state index >= 15 is 0 Å². The average Bonchev–Trinajstić information content (AvgIpc) is 3.20. The molecule has 1 N–H and O–H groups in total. The van der Waals surface area contributed by atoms with E-state index in [1.807, 2.05) is 0 Å². The molecule has 0 spiro atoms. The van der Waals surface area contributed by atoms with Gasteiger partial charge in [0, 0.05) is 37.0 Å². The molecule has 0 bridgehead atoms. The fourth-order valence-electron chi connectivity index (χ4n) is 3.16. The third kappa shape index (κ3) is 4.85. The number of amides is 2. The maximum atomic E-state index is 13.6. The highest BCUT2D eigenvalue weighted by Crippen LogP contribution is 2.22. The summed E-state index contributed by atoms with van der Waals surface area (Å²) in [7, 11) is 0. The van der Waals surface area contributed by atoms with Crippen LogP contribution in [0.25, 0.3) is 0 Å². The lowest BCUT2D eigenvalue weighted by Gasteiger charge is -2.32. The zero-order valence-electron chi connectivity index (χ0n) is 14.4. The first-order valence-corrected chi connectivity index (χ1v) is 9.53. The summed E-state index contributed by atoms with van der Waals surface area (Å²) in [6.07, 6.45) is 3.01. The van der Waals surface area contributed by atoms with Crippen LogP contribution in [0.5, 0.6) is 0 Å². The van der Waals surface area contributed by atoms with Crippen LogP contribution in [-0.2, 0) is 11.3 Å². The van der Waals surface area contributed by atoms with Gasteiger partial charge in [0.05, 0.1) is 0 Å². The number of hydrogen-bond donors (Lipinski definition) is 1. The lowest BCUT2D eigenvalue weighted by molar-refractivity contribution is -0.121. The highest BCUT2D eigenvalue weighted by molar-refractivity contribution is 7.03. The van der Waals surface area contributed by atoms with Gasteiger partial charge in [0.2, 0.25) is 5.91 Å². The maximum absolute atomic E-state index is 13.6. The van der Waals surface area contributed by atoms with Crippen LogP contribution in [0.3, 0.4) is 0 Å². The van der Waals surface area contributed by atoms with Crippen molar-refractivity contribution < 1.29 is 14.0 Å². The summed E-state index contributed by atoms with van der Waals surface area (Å²) in [5.74, 6) is -0.211. The van der Waals surface area contributed by atoms with Gasteiger partial charge in [-0.15, -0.1) is 5.10 Å². The zero-order chi connectivity index (χ0) is 18.4. The van der Waals surface area contributed by atoms with Crippen molar-refractivity contribution in [2.75, 3.05) is 13.1 Å². The first-order chi connectivity index (χ1) is 12.6. The van der Waals surface area contributed by atoms with Crippen LogP contribution in [-0.4, -0.2) is 39.4 Å². The second-order valence-electron chi connectivity index (χ2n) is 6.46. The molecule has 8 heteroatoms. The average molecular weight is 376 g/mol. The number of benzene rings is 1. The van der Waals surface area contributed by atoms with Crippen molar-refractivity contribution in [2.24, 2.45) is 5.92 Å². The minimum absolute atomic E-state index is 0.0903. The number of carbonyl (C=O) groups excluding carboxylic acids is 2. The molecule has 2 amide bonds. The Morgan fingerprint density at radius 1 is 1.35 bits per heavy atom. The van der Waals surface area contributed by atoms with E-state index in [1.165, 1.54) is 6.07 Å². The first-order valence-electron chi connectivity index (χ1n) is 8.70. The van der Waals surface area contributed by atoms with E-state index in [0.29, 0.717) is 43.1 Å². The van der Waals surface area contributed by atoms with Crippen molar-refractivity contribution >= 4 is 23.3 Å². The van der Waals surface area contributed by atoms with Gasteiger partial charge >= 0.3 is 0 Å². The number of halogens is 1. The molecule has 1 aromatic heterocycles. The van der Waals surface area contributed by atoms with Crippen molar-refractivity contribution in [3.63, 3.8) is 0 Å². The number of nitrogens with zero attached hydrogens (tertiary/aromatic N) is 3. The molecule has 26 heavy (non-hydrogen) atoms. The molecular weight excluding hydrogens is 355 g/mol. The standard InChI is InChI=1S/C18H21FN4O2S/c19-15-6-2-1-5-14(15)10-20-17(24)8-7-13-4-3-9-23(11-13)18(25)16-12-26-22-21-16/h1-2,5-6,12-13H,3-4,7-11H2,(H,20,24)/t13-/m0/s1. The number of nitrogens with one attached hydrogen (secondary N) is 1. The summed E-state index contributed by atoms with van der Waals surface area (Å²) >= 11 is 1.16. The van der Waals surface area contributed by atoms with Gasteiger partial charge in [-0.25, -0.2) is 4.39 Å². The van der Waals surface area contributed by atoms with E-state index in [-0.39, 0.29) is 24.2 Å². The molecule has 6 nitrogen and oxygen atoms in total. The lowest BCUT2D eigenvalue weighted by Crippen LogP contribution is -2.40. The fourth-order valence-corrected chi connectivity index (χ4v) is 3.59. The zero-order valence-corrected chi connectivity index (χ0v) is 15.2. The van der Waals surface area contributed by atoms with Gasteiger partial charge in [-0.3, -0.25) is 9.59 Å². The van der Waals surface area contributed by atoms with Gasteiger partial charge in [-0.2, -0.15) is 0 Å². The molecule has 3 rings (SSSR count). The van der Waals surface area contributed by atoms with Gasteiger partial charge in [0.1, 0.15) is 5.82 Å². The molecule has 1 atom stereocenters. The number of aromatic nitrogens is 2. The van der Waals surface area contributed by atoms with Gasteiger partial charge < -0.3 is 10.2 Å². The SMILES string of the molecule is O=C(CC[C@@H]1CCCN(C(=O)c2csnn2)C1)NCc1ccccc1F. The van der Waals surface area contributed by atoms with E-state index < -0.39 is 0 Å². The molecule has 1 aliphatic heterocycles. The Bertz CT molecular complexity index is 753. The van der Waals surface area contributed by atoms with Crippen molar-refractivity contribution in [1.82, 2.24) is 19.8 Å². The van der Waals surface area contributed by atoms with Crippen LogP contribution in [0.4, 0.5) is 4.39 Å². The summed E-state index contributed by atoms with van der Waals surface area (Å²) in [4.78, 5) is 26.2. The molecule has 2 heterocycles. The lowest BCUT2D eigenvalue weighted by atomic mass is 9.93. The molecular formula is C18H21FN4O2S. The molecule has 1 aromatic carbocycles. The first kappa shape index (κ1) is 18.4. The van der Waals surface area contributed by atoms with Gasteiger partial charge in [0.15, 0.2) is 5.69 Å². The number of hydrogen-bond acceptors (Lipinski definition) is 5. The summed E-state index contributed by atoms with van der Waals surface area (Å²) in [6.45, 7) is 1.54. The largest absolute Gasteiger partial charge is 0.352 e. The van der Waals surface area contributed by atoms with Crippen LogP contribution in [0, 0.1) is 11.7 Å². The van der Waals surface area contributed by atoms with Crippen LogP contribution in [0.2, 0.25) is 0 Å². The van der Waals surface area contributed by atoms with Gasteiger partial charge in [-0.1, -0.05) is 22.7 Å². The minimum atomic E-state index is -0.314. The number of likely N-dealkylation sites (tertiary alicyclic amines) is 1. The number of rotatable bonds is 6. The van der Waals surface area contributed by atoms with Crippen LogP contribution < -0.4 is 5.32 Å². The Balaban J connectivity index is 1.43. The Morgan fingerprint density at radius 2 is 2.19 bits per heavy atom. The Labute approximate surface area is 155 Å². The number of carbonyl (C=O) groups is 2. The predicted molar refractivity (Wildman–Crippen MR) is 96.0 cm³/mol. The molecule has 138 valence electrons. The van der Waals surface area contributed by atoms with Gasteiger partial charge in [-0.05, 0) is 42.8 Å². The van der Waals surface area contributed by atoms with E-state index in [4.69, 9.17) is 0 Å². The van der Waals surface area contributed by atoms with Crippen LogP contribution in [0.15, 0.2) is 29.6 Å². The third-order valence-corrected chi connectivity index (χ3v) is 5.10. The van der Waals surface area contributed by atoms with E-state index in [2.05, 4.69) is 14.9 Å². The van der Waals surface area contributed by atoms with Crippen molar-refractivity contribution in [1.29, 1.82) is 0 Å². The molecule has 0 aliphatic carbocycles. The topological polar surface area (TPSA) is 75.2 Å². The Morgan fingerprint density at radius 3 is 2.96 bits per heavy atom. The molecule has 1 fully saturated rings. The number of piperidine rings is 1. The van der Waals surface area contributed by atoms with Crippen molar-refractivity contribution in [3.05, 3.63) is 46.7 Å². The van der Waals surface area contributed by atoms with E-state index in [0.717, 1.165) is 24.4 Å². The highest BCUT2D eigenvalue weighted by Gasteiger charge is 2.26.